The number of benzene rings is 1. The normalized spacial score (nSPS) is 43.3. The Hall–Kier alpha value is -1.85. The van der Waals surface area contributed by atoms with E-state index in [0.717, 1.165) is 44.1 Å². The van der Waals surface area contributed by atoms with Crippen LogP contribution in [0.2, 0.25) is 0 Å². The van der Waals surface area contributed by atoms with E-state index >= 15 is 0 Å². The van der Waals surface area contributed by atoms with Crippen molar-refractivity contribution in [1.29, 1.82) is 0 Å². The first-order valence-electron chi connectivity index (χ1n) is 11.4. The summed E-state index contributed by atoms with van der Waals surface area (Å²) in [6.07, 6.45) is 9.97. The third-order valence-electron chi connectivity index (χ3n) is 9.30. The Morgan fingerprint density at radius 2 is 1.72 bits per heavy atom. The molecule has 0 heterocycles. The zero-order valence-corrected chi connectivity index (χ0v) is 17.7. The van der Waals surface area contributed by atoms with Gasteiger partial charge in [-0.2, -0.15) is 0 Å². The molecule has 1 aromatic carbocycles. The van der Waals surface area contributed by atoms with Crippen LogP contribution in [0.5, 0.6) is 0 Å². The summed E-state index contributed by atoms with van der Waals surface area (Å²) in [6, 6.07) is 10.0. The molecule has 0 unspecified atom stereocenters. The van der Waals surface area contributed by atoms with E-state index in [1.165, 1.54) is 12.0 Å². The first-order valence-corrected chi connectivity index (χ1v) is 11.4. The molecule has 2 heteroatoms. The van der Waals surface area contributed by atoms with E-state index in [9.17, 15) is 9.90 Å². The van der Waals surface area contributed by atoms with Crippen LogP contribution in [0.1, 0.15) is 70.8 Å². The predicted octanol–water partition coefficient (Wildman–Crippen LogP) is 5.30. The summed E-state index contributed by atoms with van der Waals surface area (Å²) in [5.74, 6) is 8.76. The maximum atomic E-state index is 12.0. The van der Waals surface area contributed by atoms with Gasteiger partial charge in [0, 0.05) is 17.4 Å². The van der Waals surface area contributed by atoms with Crippen molar-refractivity contribution in [3.05, 3.63) is 47.5 Å². The highest BCUT2D eigenvalue weighted by Crippen LogP contribution is 2.67. The van der Waals surface area contributed by atoms with Crippen LogP contribution in [0.3, 0.4) is 0 Å². The number of carbonyl (C=O) groups excluding carboxylic acids is 1. The number of aliphatic hydroxyl groups is 1. The molecule has 5 rings (SSSR count). The maximum Gasteiger partial charge on any atom is 0.155 e. The Morgan fingerprint density at radius 3 is 2.52 bits per heavy atom. The van der Waals surface area contributed by atoms with Crippen molar-refractivity contribution >= 4 is 5.78 Å². The Bertz CT molecular complexity index is 919. The van der Waals surface area contributed by atoms with Gasteiger partial charge in [0.2, 0.25) is 0 Å². The van der Waals surface area contributed by atoms with Gasteiger partial charge in [-0.3, -0.25) is 4.79 Å². The number of allylic oxidation sites excluding steroid dienone is 1. The molecule has 2 nitrogen and oxygen atoms in total. The summed E-state index contributed by atoms with van der Waals surface area (Å²) in [4.78, 5) is 12.0. The predicted molar refractivity (Wildman–Crippen MR) is 115 cm³/mol. The summed E-state index contributed by atoms with van der Waals surface area (Å²) in [6.45, 7) is 4.72. The van der Waals surface area contributed by atoms with Gasteiger partial charge >= 0.3 is 0 Å². The van der Waals surface area contributed by atoms with Crippen molar-refractivity contribution in [2.45, 2.75) is 70.8 Å². The van der Waals surface area contributed by atoms with Gasteiger partial charge in [-0.25, -0.2) is 0 Å². The molecule has 1 aromatic rings. The molecule has 4 aliphatic rings. The van der Waals surface area contributed by atoms with E-state index in [0.29, 0.717) is 30.0 Å². The molecule has 0 saturated heterocycles. The second-order valence-corrected chi connectivity index (χ2v) is 10.4. The van der Waals surface area contributed by atoms with Crippen LogP contribution in [0.25, 0.3) is 0 Å². The van der Waals surface area contributed by atoms with Crippen LogP contribution in [-0.2, 0) is 4.79 Å². The van der Waals surface area contributed by atoms with Crippen molar-refractivity contribution in [1.82, 2.24) is 0 Å². The van der Waals surface area contributed by atoms with E-state index < -0.39 is 5.60 Å². The largest absolute Gasteiger partial charge is 0.377 e. The number of fused-ring (bicyclic) bond motifs is 5. The van der Waals surface area contributed by atoms with Crippen LogP contribution in [0, 0.1) is 40.4 Å². The molecule has 1 N–H and O–H groups in total. The lowest BCUT2D eigenvalue weighted by Gasteiger charge is -2.58. The molecular weight excluding hydrogens is 356 g/mol. The Kier molecular flexibility index (Phi) is 4.34. The maximum absolute atomic E-state index is 12.0. The van der Waals surface area contributed by atoms with Crippen LogP contribution < -0.4 is 0 Å². The topological polar surface area (TPSA) is 37.3 Å². The molecule has 4 aliphatic carbocycles. The highest BCUT2D eigenvalue weighted by molar-refractivity contribution is 5.91. The first-order chi connectivity index (χ1) is 13.9. The highest BCUT2D eigenvalue weighted by atomic mass is 16.3. The average molecular weight is 389 g/mol. The number of hydrogen-bond acceptors (Lipinski definition) is 2. The second kappa shape index (κ2) is 6.58. The SMILES string of the molecule is C[C@]12CC[C@H]3[C@@H](CCC4=CC(=O)CC[C@]43C)[C@H]1CC[C@@]2(O)C#Cc1ccccc1. The molecular formula is C27H32O2. The van der Waals surface area contributed by atoms with Crippen molar-refractivity contribution in [3.8, 4) is 11.8 Å². The van der Waals surface area contributed by atoms with Crippen LogP contribution in [0.15, 0.2) is 42.0 Å². The van der Waals surface area contributed by atoms with Gasteiger partial charge in [0.1, 0.15) is 5.60 Å². The molecule has 0 amide bonds. The Labute approximate surface area is 174 Å². The van der Waals surface area contributed by atoms with E-state index in [-0.39, 0.29) is 10.8 Å². The van der Waals surface area contributed by atoms with Crippen molar-refractivity contribution in [2.24, 2.45) is 28.6 Å². The summed E-state index contributed by atoms with van der Waals surface area (Å²) in [7, 11) is 0. The lowest BCUT2D eigenvalue weighted by molar-refractivity contribution is -0.119. The Morgan fingerprint density at radius 1 is 0.966 bits per heavy atom. The minimum Gasteiger partial charge on any atom is -0.377 e. The molecule has 152 valence electrons. The van der Waals surface area contributed by atoms with Gasteiger partial charge in [-0.15, -0.1) is 0 Å². The standard InChI is InChI=1S/C27H32O2/c1-25-14-11-21(28)18-20(25)8-9-22-23(25)12-15-26(2)24(22)13-17-27(26,29)16-10-19-6-4-3-5-7-19/h3-7,18,22-24,29H,8-9,11-15,17H2,1-2H3/t22-,23+,24-,25-,26+,27+/m1/s1. The van der Waals surface area contributed by atoms with Crippen molar-refractivity contribution in [2.75, 3.05) is 0 Å². The number of hydrogen-bond donors (Lipinski definition) is 1. The fourth-order valence-electron chi connectivity index (χ4n) is 7.48. The molecule has 3 saturated carbocycles. The van der Waals surface area contributed by atoms with E-state index in [1.807, 2.05) is 36.4 Å². The molecule has 0 aromatic heterocycles. The van der Waals surface area contributed by atoms with Crippen LogP contribution in [-0.4, -0.2) is 16.5 Å². The molecule has 0 spiro atoms. The summed E-state index contributed by atoms with van der Waals surface area (Å²) in [5, 5.41) is 11.7. The van der Waals surface area contributed by atoms with Gasteiger partial charge in [-0.05, 0) is 86.3 Å². The first kappa shape index (κ1) is 19.1. The lowest BCUT2D eigenvalue weighted by Crippen LogP contribution is -2.54. The minimum absolute atomic E-state index is 0.127. The van der Waals surface area contributed by atoms with Gasteiger partial charge < -0.3 is 5.11 Å². The Balaban J connectivity index is 1.45. The zero-order valence-electron chi connectivity index (χ0n) is 17.7. The van der Waals surface area contributed by atoms with E-state index in [1.54, 1.807) is 0 Å². The number of rotatable bonds is 0. The molecule has 29 heavy (non-hydrogen) atoms. The fraction of sp³-hybridized carbons (Fsp3) is 0.593. The van der Waals surface area contributed by atoms with Gasteiger partial charge in [0.05, 0.1) is 0 Å². The van der Waals surface area contributed by atoms with Gasteiger partial charge in [0.15, 0.2) is 5.78 Å². The molecule has 0 bridgehead atoms. The fourth-order valence-corrected chi connectivity index (χ4v) is 7.48. The summed E-state index contributed by atoms with van der Waals surface area (Å²) >= 11 is 0. The minimum atomic E-state index is -0.891. The van der Waals surface area contributed by atoms with Crippen LogP contribution >= 0.6 is 0 Å². The molecule has 0 aliphatic heterocycles. The molecule has 3 fully saturated rings. The monoisotopic (exact) mass is 388 g/mol. The molecule has 0 radical (unpaired) electrons. The number of ketones is 1. The van der Waals surface area contributed by atoms with Crippen molar-refractivity contribution < 1.29 is 9.90 Å². The zero-order chi connectivity index (χ0) is 20.3. The second-order valence-electron chi connectivity index (χ2n) is 10.4. The van der Waals surface area contributed by atoms with Gasteiger partial charge in [-0.1, -0.05) is 49.5 Å². The third-order valence-corrected chi connectivity index (χ3v) is 9.30. The van der Waals surface area contributed by atoms with Crippen LogP contribution in [0.4, 0.5) is 0 Å². The lowest BCUT2D eigenvalue weighted by atomic mass is 9.46. The average Bonchev–Trinajstić information content (AvgIpc) is 2.99. The molecule has 6 atom stereocenters. The van der Waals surface area contributed by atoms with E-state index in [4.69, 9.17) is 0 Å². The smallest absolute Gasteiger partial charge is 0.155 e. The van der Waals surface area contributed by atoms with Gasteiger partial charge in [0.25, 0.3) is 0 Å². The van der Waals surface area contributed by atoms with Crippen molar-refractivity contribution in [3.63, 3.8) is 0 Å². The number of carbonyl (C=O) groups is 1. The summed E-state index contributed by atoms with van der Waals surface area (Å²) in [5.41, 5.74) is 1.56. The highest BCUT2D eigenvalue weighted by Gasteiger charge is 2.63. The third kappa shape index (κ3) is 2.77. The summed E-state index contributed by atoms with van der Waals surface area (Å²) < 4.78 is 0. The quantitative estimate of drug-likeness (QED) is 0.612. The van der Waals surface area contributed by atoms with E-state index in [2.05, 4.69) is 25.7 Å².